The lowest BCUT2D eigenvalue weighted by Gasteiger charge is -2.18. The normalized spacial score (nSPS) is 15.6. The fourth-order valence-corrected chi connectivity index (χ4v) is 1.84. The Morgan fingerprint density at radius 1 is 1.53 bits per heavy atom. The molecule has 15 heavy (non-hydrogen) atoms. The van der Waals surface area contributed by atoms with E-state index in [0.717, 1.165) is 17.8 Å². The molecule has 0 saturated carbocycles. The van der Waals surface area contributed by atoms with Crippen molar-refractivity contribution in [1.82, 2.24) is 5.32 Å². The van der Waals surface area contributed by atoms with Crippen LogP contribution in [0.25, 0.3) is 0 Å². The highest BCUT2D eigenvalue weighted by molar-refractivity contribution is 5.94. The predicted molar refractivity (Wildman–Crippen MR) is 59.8 cm³/mol. The lowest BCUT2D eigenvalue weighted by Crippen LogP contribution is -2.28. The van der Waals surface area contributed by atoms with Crippen LogP contribution in [-0.4, -0.2) is 19.1 Å². The van der Waals surface area contributed by atoms with E-state index in [1.807, 2.05) is 25.1 Å². The van der Waals surface area contributed by atoms with Crippen LogP contribution in [0.2, 0.25) is 0 Å². The zero-order valence-electron chi connectivity index (χ0n) is 8.79. The van der Waals surface area contributed by atoms with Crippen molar-refractivity contribution in [2.24, 2.45) is 5.73 Å². The molecule has 1 aliphatic rings. The van der Waals surface area contributed by atoms with Crippen LogP contribution in [0.4, 0.5) is 10.5 Å². The van der Waals surface area contributed by atoms with Gasteiger partial charge in [-0.05, 0) is 18.6 Å². The Labute approximate surface area is 89.1 Å². The second kappa shape index (κ2) is 3.90. The Hall–Kier alpha value is -1.55. The largest absolute Gasteiger partial charge is 0.336 e. The first-order valence-electron chi connectivity index (χ1n) is 5.07. The highest BCUT2D eigenvalue weighted by Gasteiger charge is 2.22. The molecule has 80 valence electrons. The summed E-state index contributed by atoms with van der Waals surface area (Å²) in [6.07, 6.45) is 0. The minimum atomic E-state index is -0.0337. The molecular formula is C11H15N3O. The Bertz CT molecular complexity index is 389. The van der Waals surface area contributed by atoms with Gasteiger partial charge in [-0.15, -0.1) is 0 Å². The van der Waals surface area contributed by atoms with Crippen molar-refractivity contribution >= 4 is 11.7 Å². The molecule has 0 unspecified atom stereocenters. The highest BCUT2D eigenvalue weighted by atomic mass is 16.2. The summed E-state index contributed by atoms with van der Waals surface area (Å²) in [5, 5.41) is 2.78. The monoisotopic (exact) mass is 205 g/mol. The maximum Gasteiger partial charge on any atom is 0.322 e. The smallest absolute Gasteiger partial charge is 0.322 e. The van der Waals surface area contributed by atoms with E-state index in [1.54, 1.807) is 4.90 Å². The number of amides is 2. The zero-order valence-corrected chi connectivity index (χ0v) is 8.79. The molecule has 0 spiro atoms. The number of rotatable bonds is 2. The number of hydrogen-bond acceptors (Lipinski definition) is 2. The first-order chi connectivity index (χ1) is 7.22. The molecule has 1 aromatic rings. The van der Waals surface area contributed by atoms with E-state index in [0.29, 0.717) is 13.1 Å². The molecule has 0 bridgehead atoms. The van der Waals surface area contributed by atoms with Crippen LogP contribution in [-0.2, 0) is 6.54 Å². The standard InChI is InChI=1S/C11H15N3O/c1-8-2-3-10(9(6-8)7-12)14-5-4-13-11(14)15/h2-3,6H,4-5,7,12H2,1H3,(H,13,15). The number of hydrogen-bond donors (Lipinski definition) is 2. The van der Waals surface area contributed by atoms with Gasteiger partial charge in [0.1, 0.15) is 0 Å². The summed E-state index contributed by atoms with van der Waals surface area (Å²) < 4.78 is 0. The van der Waals surface area contributed by atoms with Crippen molar-refractivity contribution in [2.45, 2.75) is 13.5 Å². The van der Waals surface area contributed by atoms with E-state index < -0.39 is 0 Å². The van der Waals surface area contributed by atoms with Crippen molar-refractivity contribution in [3.8, 4) is 0 Å². The van der Waals surface area contributed by atoms with Crippen LogP contribution < -0.4 is 16.0 Å². The molecule has 1 fully saturated rings. The van der Waals surface area contributed by atoms with Gasteiger partial charge in [0, 0.05) is 25.3 Å². The number of carbonyl (C=O) groups is 1. The number of benzene rings is 1. The van der Waals surface area contributed by atoms with Crippen molar-refractivity contribution in [2.75, 3.05) is 18.0 Å². The van der Waals surface area contributed by atoms with Crippen LogP contribution in [0.5, 0.6) is 0 Å². The Morgan fingerprint density at radius 3 is 2.93 bits per heavy atom. The average molecular weight is 205 g/mol. The summed E-state index contributed by atoms with van der Waals surface area (Å²) in [5.74, 6) is 0. The SMILES string of the molecule is Cc1ccc(N2CCNC2=O)c(CN)c1. The number of aryl methyl sites for hydroxylation is 1. The molecule has 0 atom stereocenters. The van der Waals surface area contributed by atoms with Gasteiger partial charge in [-0.1, -0.05) is 17.7 Å². The molecule has 2 rings (SSSR count). The molecule has 1 heterocycles. The fourth-order valence-electron chi connectivity index (χ4n) is 1.84. The van der Waals surface area contributed by atoms with Crippen molar-refractivity contribution in [3.63, 3.8) is 0 Å². The number of nitrogens with one attached hydrogen (secondary N) is 1. The Morgan fingerprint density at radius 2 is 2.33 bits per heavy atom. The van der Waals surface area contributed by atoms with E-state index in [-0.39, 0.29) is 6.03 Å². The lowest BCUT2D eigenvalue weighted by atomic mass is 10.1. The number of urea groups is 1. The van der Waals surface area contributed by atoms with Gasteiger partial charge in [0.05, 0.1) is 0 Å². The first kappa shape index (κ1) is 9.98. The summed E-state index contributed by atoms with van der Waals surface area (Å²) in [4.78, 5) is 13.2. The summed E-state index contributed by atoms with van der Waals surface area (Å²) in [6, 6.07) is 5.96. The molecule has 4 nitrogen and oxygen atoms in total. The molecule has 1 saturated heterocycles. The zero-order chi connectivity index (χ0) is 10.8. The molecule has 1 aliphatic heterocycles. The third kappa shape index (κ3) is 1.80. The highest BCUT2D eigenvalue weighted by Crippen LogP contribution is 2.22. The van der Waals surface area contributed by atoms with Gasteiger partial charge >= 0.3 is 6.03 Å². The third-order valence-electron chi connectivity index (χ3n) is 2.60. The molecule has 4 heteroatoms. The second-order valence-electron chi connectivity index (χ2n) is 3.72. The van der Waals surface area contributed by atoms with Gasteiger partial charge < -0.3 is 11.1 Å². The van der Waals surface area contributed by atoms with Crippen molar-refractivity contribution in [3.05, 3.63) is 29.3 Å². The van der Waals surface area contributed by atoms with Crippen LogP contribution >= 0.6 is 0 Å². The molecule has 0 aromatic heterocycles. The van der Waals surface area contributed by atoms with Crippen LogP contribution in [0, 0.1) is 6.92 Å². The van der Waals surface area contributed by atoms with Gasteiger partial charge in [0.2, 0.25) is 0 Å². The minimum absolute atomic E-state index is 0.0337. The summed E-state index contributed by atoms with van der Waals surface area (Å²) in [5.41, 5.74) is 8.79. The lowest BCUT2D eigenvalue weighted by molar-refractivity contribution is 0.252. The molecule has 1 aromatic carbocycles. The quantitative estimate of drug-likeness (QED) is 0.756. The average Bonchev–Trinajstić information content (AvgIpc) is 2.64. The summed E-state index contributed by atoms with van der Waals surface area (Å²) in [7, 11) is 0. The van der Waals surface area contributed by atoms with E-state index in [4.69, 9.17) is 5.73 Å². The maximum atomic E-state index is 11.5. The van der Waals surface area contributed by atoms with E-state index in [1.165, 1.54) is 5.56 Å². The van der Waals surface area contributed by atoms with Crippen LogP contribution in [0.15, 0.2) is 18.2 Å². The third-order valence-corrected chi connectivity index (χ3v) is 2.60. The van der Waals surface area contributed by atoms with Crippen LogP contribution in [0.3, 0.4) is 0 Å². The van der Waals surface area contributed by atoms with Gasteiger partial charge in [-0.25, -0.2) is 4.79 Å². The summed E-state index contributed by atoms with van der Waals surface area (Å²) in [6.45, 7) is 3.90. The van der Waals surface area contributed by atoms with E-state index in [2.05, 4.69) is 5.32 Å². The van der Waals surface area contributed by atoms with E-state index in [9.17, 15) is 4.79 Å². The molecular weight excluding hydrogens is 190 g/mol. The molecule has 3 N–H and O–H groups in total. The van der Waals surface area contributed by atoms with Crippen molar-refractivity contribution in [1.29, 1.82) is 0 Å². The number of nitrogens with zero attached hydrogens (tertiary/aromatic N) is 1. The molecule has 2 amide bonds. The van der Waals surface area contributed by atoms with Gasteiger partial charge in [0.15, 0.2) is 0 Å². The number of nitrogens with two attached hydrogens (primary N) is 1. The van der Waals surface area contributed by atoms with E-state index >= 15 is 0 Å². The number of carbonyl (C=O) groups excluding carboxylic acids is 1. The Balaban J connectivity index is 2.38. The minimum Gasteiger partial charge on any atom is -0.336 e. The van der Waals surface area contributed by atoms with Gasteiger partial charge in [0.25, 0.3) is 0 Å². The second-order valence-corrected chi connectivity index (χ2v) is 3.72. The first-order valence-corrected chi connectivity index (χ1v) is 5.07. The predicted octanol–water partition coefficient (Wildman–Crippen LogP) is 0.983. The fraction of sp³-hybridized carbons (Fsp3) is 0.364. The number of anilines is 1. The Kier molecular flexibility index (Phi) is 2.60. The maximum absolute atomic E-state index is 11.5. The molecule has 0 aliphatic carbocycles. The van der Waals surface area contributed by atoms with Gasteiger partial charge in [-0.3, -0.25) is 4.90 Å². The molecule has 0 radical (unpaired) electrons. The van der Waals surface area contributed by atoms with Crippen LogP contribution in [0.1, 0.15) is 11.1 Å². The van der Waals surface area contributed by atoms with Gasteiger partial charge in [-0.2, -0.15) is 0 Å². The topological polar surface area (TPSA) is 58.4 Å². The van der Waals surface area contributed by atoms with Crippen molar-refractivity contribution < 1.29 is 4.79 Å². The summed E-state index contributed by atoms with van der Waals surface area (Å²) >= 11 is 0.